The van der Waals surface area contributed by atoms with Crippen molar-refractivity contribution in [3.63, 3.8) is 0 Å². The molecule has 42 heavy (non-hydrogen) atoms. The number of fused-ring (bicyclic) bond motifs is 5. The summed E-state index contributed by atoms with van der Waals surface area (Å²) in [5, 5.41) is 21.9. The smallest absolute Gasteiger partial charge is 0.178 e. The third-order valence-electron chi connectivity index (χ3n) is 10.7. The van der Waals surface area contributed by atoms with Gasteiger partial charge in [-0.25, -0.2) is 4.39 Å². The highest BCUT2D eigenvalue weighted by Gasteiger charge is 2.74. The van der Waals surface area contributed by atoms with Crippen molar-refractivity contribution in [2.75, 3.05) is 20.2 Å². The number of halogens is 1. The summed E-state index contributed by atoms with van der Waals surface area (Å²) in [6.07, 6.45) is 13.9. The second-order valence-corrected chi connectivity index (χ2v) is 12.3. The quantitative estimate of drug-likeness (QED) is 0.303. The lowest BCUT2D eigenvalue weighted by Gasteiger charge is -2.64. The SMILES string of the molecule is C=C/C=C\C(=C/C=C)N(C)C[C@]1(C(=O)CO)CCC2[C@@H]3C[C@H](C)C4=CC(=O)C=C[C@]4(C)[C@@]3(F)[C@@H](O)C[C@@]21C.CC.CC. The van der Waals surface area contributed by atoms with Crippen LogP contribution in [-0.4, -0.2) is 58.7 Å². The van der Waals surface area contributed by atoms with Crippen LogP contribution in [0, 0.1) is 34.0 Å². The average Bonchev–Trinajstić information content (AvgIpc) is 3.27. The first-order chi connectivity index (χ1) is 19.9. The molecule has 0 heterocycles. The van der Waals surface area contributed by atoms with E-state index in [1.807, 2.05) is 78.6 Å². The van der Waals surface area contributed by atoms with Crippen molar-refractivity contribution in [3.05, 3.63) is 73.0 Å². The van der Waals surface area contributed by atoms with Crippen LogP contribution in [0.25, 0.3) is 0 Å². The predicted octanol–water partition coefficient (Wildman–Crippen LogP) is 6.95. The van der Waals surface area contributed by atoms with E-state index in [1.54, 1.807) is 24.3 Å². The van der Waals surface area contributed by atoms with Crippen LogP contribution < -0.4 is 0 Å². The fraction of sp³-hybridized carbons (Fsp3) is 0.611. The minimum atomic E-state index is -1.96. The van der Waals surface area contributed by atoms with E-state index in [0.717, 1.165) is 11.3 Å². The summed E-state index contributed by atoms with van der Waals surface area (Å²) >= 11 is 0. The van der Waals surface area contributed by atoms with Crippen LogP contribution in [0.3, 0.4) is 0 Å². The predicted molar refractivity (Wildman–Crippen MR) is 170 cm³/mol. The van der Waals surface area contributed by atoms with E-state index >= 15 is 4.39 Å². The van der Waals surface area contributed by atoms with Crippen molar-refractivity contribution in [2.24, 2.45) is 34.0 Å². The Morgan fingerprint density at radius 2 is 1.81 bits per heavy atom. The van der Waals surface area contributed by atoms with Gasteiger partial charge in [0, 0.05) is 30.6 Å². The van der Waals surface area contributed by atoms with Gasteiger partial charge in [0.2, 0.25) is 0 Å². The lowest BCUT2D eigenvalue weighted by molar-refractivity contribution is -0.211. The van der Waals surface area contributed by atoms with Gasteiger partial charge in [-0.3, -0.25) is 9.59 Å². The largest absolute Gasteiger partial charge is 0.390 e. The number of aliphatic hydroxyl groups is 2. The molecule has 8 atom stereocenters. The molecule has 234 valence electrons. The maximum absolute atomic E-state index is 17.6. The number of hydrogen-bond acceptors (Lipinski definition) is 5. The lowest BCUT2D eigenvalue weighted by atomic mass is 9.42. The van der Waals surface area contributed by atoms with Crippen LogP contribution in [0.4, 0.5) is 4.39 Å². The average molecular weight is 584 g/mol. The molecule has 3 fully saturated rings. The molecular formula is C36H54FNO4. The summed E-state index contributed by atoms with van der Waals surface area (Å²) in [4.78, 5) is 27.9. The second kappa shape index (κ2) is 13.8. The number of likely N-dealkylation sites (N-methyl/N-ethyl adjacent to an activating group) is 1. The Labute approximate surface area is 253 Å². The van der Waals surface area contributed by atoms with Gasteiger partial charge in [0.05, 0.1) is 11.5 Å². The molecule has 0 aromatic carbocycles. The fourth-order valence-corrected chi connectivity index (χ4v) is 8.77. The third kappa shape index (κ3) is 5.34. The number of alkyl halides is 1. The Kier molecular flexibility index (Phi) is 11.7. The molecule has 0 aromatic rings. The van der Waals surface area contributed by atoms with Crippen molar-refractivity contribution >= 4 is 11.6 Å². The molecule has 4 aliphatic rings. The number of ketones is 2. The summed E-state index contributed by atoms with van der Waals surface area (Å²) < 4.78 is 17.6. The summed E-state index contributed by atoms with van der Waals surface area (Å²) in [5.74, 6) is -1.10. The summed E-state index contributed by atoms with van der Waals surface area (Å²) in [6, 6.07) is 0. The first kappa shape index (κ1) is 35.6. The van der Waals surface area contributed by atoms with Gasteiger partial charge in [0.1, 0.15) is 6.61 Å². The molecule has 5 nitrogen and oxygen atoms in total. The molecule has 3 saturated carbocycles. The molecule has 0 amide bonds. The van der Waals surface area contributed by atoms with E-state index in [-0.39, 0.29) is 29.8 Å². The Bertz CT molecular complexity index is 1150. The van der Waals surface area contributed by atoms with Crippen molar-refractivity contribution in [2.45, 2.75) is 85.9 Å². The molecular weight excluding hydrogens is 529 g/mol. The standard InChI is InChI=1S/C32H42FNO4.2C2H6/c1-7-9-11-22(10-8-2)34(6)20-31(28(38)19-35)15-13-24-26-16-21(3)25-17-23(36)12-14-29(25,4)32(26,33)27(37)18-30(24,31)5;2*1-2/h7-12,14,17,21,24,26-27,35,37H,1-2,13,15-16,18-20H2,3-6H3;2*1-2H3/b11-9-,22-10+;;/t21-,24?,26-,27-,29-,30-,31-,32-;;/m0../s1. The molecule has 0 bridgehead atoms. The minimum absolute atomic E-state index is 0.0327. The highest BCUT2D eigenvalue weighted by molar-refractivity contribution is 6.01. The van der Waals surface area contributed by atoms with Gasteiger partial charge >= 0.3 is 0 Å². The minimum Gasteiger partial charge on any atom is -0.390 e. The van der Waals surface area contributed by atoms with Gasteiger partial charge in [0.25, 0.3) is 0 Å². The number of aliphatic hydroxyl groups excluding tert-OH is 2. The van der Waals surface area contributed by atoms with E-state index in [0.29, 0.717) is 25.8 Å². The zero-order chi connectivity index (χ0) is 32.1. The molecule has 0 spiro atoms. The van der Waals surface area contributed by atoms with Crippen LogP contribution in [0.2, 0.25) is 0 Å². The van der Waals surface area contributed by atoms with Crippen molar-refractivity contribution in [3.8, 4) is 0 Å². The van der Waals surface area contributed by atoms with Gasteiger partial charge in [-0.1, -0.05) is 84.6 Å². The lowest BCUT2D eigenvalue weighted by Crippen LogP contribution is -2.69. The van der Waals surface area contributed by atoms with Crippen LogP contribution in [0.5, 0.6) is 0 Å². The van der Waals surface area contributed by atoms with E-state index in [4.69, 9.17) is 0 Å². The Morgan fingerprint density at radius 3 is 2.38 bits per heavy atom. The van der Waals surface area contributed by atoms with Crippen molar-refractivity contribution in [1.29, 1.82) is 0 Å². The van der Waals surface area contributed by atoms with Crippen molar-refractivity contribution in [1.82, 2.24) is 4.90 Å². The van der Waals surface area contributed by atoms with Crippen molar-refractivity contribution < 1.29 is 24.2 Å². The van der Waals surface area contributed by atoms with Gasteiger partial charge in [0.15, 0.2) is 17.2 Å². The number of carbonyl (C=O) groups excluding carboxylic acids is 2. The third-order valence-corrected chi connectivity index (χ3v) is 10.7. The Balaban J connectivity index is 0.00000148. The molecule has 0 aromatic heterocycles. The highest BCUT2D eigenvalue weighted by atomic mass is 19.1. The Morgan fingerprint density at radius 1 is 1.17 bits per heavy atom. The fourth-order valence-electron chi connectivity index (χ4n) is 8.77. The topological polar surface area (TPSA) is 77.8 Å². The number of rotatable bonds is 8. The maximum atomic E-state index is 17.6. The normalized spacial score (nSPS) is 38.5. The first-order valence-electron chi connectivity index (χ1n) is 15.7. The molecule has 2 N–H and O–H groups in total. The molecule has 4 rings (SSSR count). The molecule has 1 unspecified atom stereocenters. The number of hydrogen-bond donors (Lipinski definition) is 2. The first-order valence-corrected chi connectivity index (χ1v) is 15.7. The zero-order valence-corrected chi connectivity index (χ0v) is 27.1. The van der Waals surface area contributed by atoms with Gasteiger partial charge in [-0.2, -0.15) is 0 Å². The van der Waals surface area contributed by atoms with Crippen LogP contribution in [-0.2, 0) is 9.59 Å². The van der Waals surface area contributed by atoms with E-state index in [1.165, 1.54) is 6.08 Å². The highest BCUT2D eigenvalue weighted by Crippen LogP contribution is 2.72. The summed E-state index contributed by atoms with van der Waals surface area (Å²) in [6.45, 7) is 21.1. The van der Waals surface area contributed by atoms with Gasteiger partial charge < -0.3 is 15.1 Å². The van der Waals surface area contributed by atoms with Crippen LogP contribution in [0.15, 0.2) is 73.0 Å². The Hall–Kier alpha value is -2.57. The number of carbonyl (C=O) groups is 2. The molecule has 0 aliphatic heterocycles. The summed E-state index contributed by atoms with van der Waals surface area (Å²) in [5.41, 5.74) is -3.17. The molecule has 4 aliphatic carbocycles. The molecule has 0 saturated heterocycles. The van der Waals surface area contributed by atoms with E-state index in [2.05, 4.69) is 13.2 Å². The number of Topliss-reactive ketones (excluding diaryl/α,β-unsaturated/α-hetero) is 1. The monoisotopic (exact) mass is 583 g/mol. The zero-order valence-electron chi connectivity index (χ0n) is 27.1. The second-order valence-electron chi connectivity index (χ2n) is 12.3. The van der Waals surface area contributed by atoms with Crippen LogP contribution in [0.1, 0.15) is 74.1 Å². The van der Waals surface area contributed by atoms with Gasteiger partial charge in [-0.05, 0) is 74.2 Å². The molecule has 6 heteroatoms. The molecule has 0 radical (unpaired) electrons. The van der Waals surface area contributed by atoms with Crippen LogP contribution >= 0.6 is 0 Å². The summed E-state index contributed by atoms with van der Waals surface area (Å²) in [7, 11) is 1.90. The van der Waals surface area contributed by atoms with Gasteiger partial charge in [-0.15, -0.1) is 0 Å². The van der Waals surface area contributed by atoms with E-state index in [9.17, 15) is 19.8 Å². The number of nitrogens with zero attached hydrogens (tertiary/aromatic N) is 1. The number of allylic oxidation sites excluding steroid dienone is 9. The van der Waals surface area contributed by atoms with E-state index < -0.39 is 40.5 Å². The maximum Gasteiger partial charge on any atom is 0.178 e.